The molecule has 0 aromatic carbocycles. The maximum Gasteiger partial charge on any atom is 0.326 e. The predicted molar refractivity (Wildman–Crippen MR) is 58.0 cm³/mol. The molecule has 3 atom stereocenters. The van der Waals surface area contributed by atoms with Crippen molar-refractivity contribution < 1.29 is 19.4 Å². The summed E-state index contributed by atoms with van der Waals surface area (Å²) in [6, 6.07) is -0.818. The van der Waals surface area contributed by atoms with Gasteiger partial charge in [-0.15, -0.1) is 0 Å². The number of carbonyl (C=O) groups is 2. The number of rotatable bonds is 5. The molecule has 0 spiro atoms. The number of nitrogens with one attached hydrogen (secondary N) is 1. The lowest BCUT2D eigenvalue weighted by Gasteiger charge is -2.21. The normalized spacial score (nSPS) is 23.8. The smallest absolute Gasteiger partial charge is 0.326 e. The Labute approximate surface area is 95.2 Å². The van der Waals surface area contributed by atoms with Gasteiger partial charge in [0, 0.05) is 6.61 Å². The van der Waals surface area contributed by atoms with Gasteiger partial charge in [-0.2, -0.15) is 0 Å². The van der Waals surface area contributed by atoms with Crippen LogP contribution in [0.1, 0.15) is 33.1 Å². The monoisotopic (exact) mass is 229 g/mol. The van der Waals surface area contributed by atoms with Gasteiger partial charge in [-0.1, -0.05) is 20.3 Å². The summed E-state index contributed by atoms with van der Waals surface area (Å²) in [6.45, 7) is 4.30. The molecule has 1 saturated heterocycles. The van der Waals surface area contributed by atoms with Crippen LogP contribution in [0.15, 0.2) is 0 Å². The first-order valence-electron chi connectivity index (χ1n) is 5.71. The SMILES string of the molecule is CC[C@H](C)[C@@H](NC(=O)[C@@H]1CCCO1)C(=O)O. The van der Waals surface area contributed by atoms with Crippen molar-refractivity contribution in [2.45, 2.75) is 45.3 Å². The molecular formula is C11H19NO4. The standard InChI is InChI=1S/C11H19NO4/c1-3-7(2)9(11(14)15)12-10(13)8-5-4-6-16-8/h7-9H,3-6H2,1-2H3,(H,12,13)(H,14,15)/t7-,8-,9+/m0/s1. The van der Waals surface area contributed by atoms with Crippen LogP contribution in [0.3, 0.4) is 0 Å². The van der Waals surface area contributed by atoms with E-state index in [2.05, 4.69) is 5.32 Å². The van der Waals surface area contributed by atoms with Gasteiger partial charge in [-0.25, -0.2) is 4.79 Å². The van der Waals surface area contributed by atoms with Gasteiger partial charge in [-0.3, -0.25) is 4.79 Å². The number of hydrogen-bond donors (Lipinski definition) is 2. The largest absolute Gasteiger partial charge is 0.480 e. The van der Waals surface area contributed by atoms with Crippen LogP contribution in [0.2, 0.25) is 0 Å². The fraction of sp³-hybridized carbons (Fsp3) is 0.818. The Balaban J connectivity index is 2.53. The number of carboxylic acids is 1. The van der Waals surface area contributed by atoms with Crippen LogP contribution in [0.5, 0.6) is 0 Å². The first kappa shape index (κ1) is 13.0. The molecule has 1 fully saturated rings. The summed E-state index contributed by atoms with van der Waals surface area (Å²) in [6.07, 6.45) is 1.78. The molecule has 16 heavy (non-hydrogen) atoms. The molecule has 92 valence electrons. The van der Waals surface area contributed by atoms with Gasteiger partial charge < -0.3 is 15.2 Å². The summed E-state index contributed by atoms with van der Waals surface area (Å²) in [5, 5.41) is 11.6. The molecule has 1 aliphatic rings. The fourth-order valence-corrected chi connectivity index (χ4v) is 1.71. The number of ether oxygens (including phenoxy) is 1. The first-order chi connectivity index (χ1) is 7.56. The van der Waals surface area contributed by atoms with Gasteiger partial charge in [0.15, 0.2) is 0 Å². The minimum absolute atomic E-state index is 0.0807. The van der Waals surface area contributed by atoms with Crippen molar-refractivity contribution in [2.75, 3.05) is 6.61 Å². The third-order valence-electron chi connectivity index (χ3n) is 3.00. The molecule has 5 nitrogen and oxygen atoms in total. The first-order valence-corrected chi connectivity index (χ1v) is 5.71. The van der Waals surface area contributed by atoms with Gasteiger partial charge in [0.05, 0.1) is 0 Å². The highest BCUT2D eigenvalue weighted by Gasteiger charge is 2.30. The van der Waals surface area contributed by atoms with Gasteiger partial charge >= 0.3 is 5.97 Å². The number of aliphatic carboxylic acids is 1. The summed E-state index contributed by atoms with van der Waals surface area (Å²) in [7, 11) is 0. The van der Waals surface area contributed by atoms with Gasteiger partial charge in [0.1, 0.15) is 12.1 Å². The number of carboxylic acid groups (broad SMARTS) is 1. The van der Waals surface area contributed by atoms with E-state index < -0.39 is 18.1 Å². The molecule has 0 radical (unpaired) electrons. The van der Waals surface area contributed by atoms with Crippen LogP contribution in [0.4, 0.5) is 0 Å². The molecule has 0 unspecified atom stereocenters. The molecule has 0 aliphatic carbocycles. The highest BCUT2D eigenvalue weighted by Crippen LogP contribution is 2.14. The summed E-state index contributed by atoms with van der Waals surface area (Å²) in [5.41, 5.74) is 0. The lowest BCUT2D eigenvalue weighted by Crippen LogP contribution is -2.48. The topological polar surface area (TPSA) is 75.6 Å². The third kappa shape index (κ3) is 3.20. The Kier molecular flexibility index (Phi) is 4.73. The zero-order valence-corrected chi connectivity index (χ0v) is 9.73. The molecule has 1 aliphatic heterocycles. The van der Waals surface area contributed by atoms with Crippen LogP contribution in [0, 0.1) is 5.92 Å². The van der Waals surface area contributed by atoms with Gasteiger partial charge in [0.2, 0.25) is 5.91 Å². The fourth-order valence-electron chi connectivity index (χ4n) is 1.71. The van der Waals surface area contributed by atoms with E-state index in [0.717, 1.165) is 6.42 Å². The molecule has 1 amide bonds. The van der Waals surface area contributed by atoms with Crippen molar-refractivity contribution >= 4 is 11.9 Å². The average molecular weight is 229 g/mol. The zero-order valence-electron chi connectivity index (χ0n) is 9.73. The van der Waals surface area contributed by atoms with Crippen LogP contribution in [0.25, 0.3) is 0 Å². The second-order valence-corrected chi connectivity index (χ2v) is 4.21. The van der Waals surface area contributed by atoms with Crippen LogP contribution < -0.4 is 5.32 Å². The zero-order chi connectivity index (χ0) is 12.1. The minimum atomic E-state index is -0.985. The minimum Gasteiger partial charge on any atom is -0.480 e. The molecular weight excluding hydrogens is 210 g/mol. The molecule has 0 saturated carbocycles. The number of carbonyl (C=O) groups excluding carboxylic acids is 1. The van der Waals surface area contributed by atoms with E-state index in [1.54, 1.807) is 0 Å². The molecule has 0 aromatic rings. The Morgan fingerprint density at radius 2 is 2.25 bits per heavy atom. The number of hydrogen-bond acceptors (Lipinski definition) is 3. The third-order valence-corrected chi connectivity index (χ3v) is 3.00. The Morgan fingerprint density at radius 1 is 1.56 bits per heavy atom. The van der Waals surface area contributed by atoms with Crippen molar-refractivity contribution in [1.29, 1.82) is 0 Å². The van der Waals surface area contributed by atoms with Gasteiger partial charge in [-0.05, 0) is 18.8 Å². The second kappa shape index (κ2) is 5.84. The Morgan fingerprint density at radius 3 is 2.69 bits per heavy atom. The van der Waals surface area contributed by atoms with E-state index >= 15 is 0 Å². The Bertz CT molecular complexity index is 261. The molecule has 2 N–H and O–H groups in total. The van der Waals surface area contributed by atoms with Crippen molar-refractivity contribution in [1.82, 2.24) is 5.32 Å². The summed E-state index contributed by atoms with van der Waals surface area (Å²) >= 11 is 0. The maximum atomic E-state index is 11.7. The van der Waals surface area contributed by atoms with E-state index in [9.17, 15) is 9.59 Å². The summed E-state index contributed by atoms with van der Waals surface area (Å²) in [5.74, 6) is -1.37. The van der Waals surface area contributed by atoms with E-state index in [1.807, 2.05) is 13.8 Å². The van der Waals surface area contributed by atoms with Crippen molar-refractivity contribution in [2.24, 2.45) is 5.92 Å². The molecule has 1 heterocycles. The molecule has 5 heteroatoms. The van der Waals surface area contributed by atoms with E-state index in [4.69, 9.17) is 9.84 Å². The lowest BCUT2D eigenvalue weighted by molar-refractivity contribution is -0.145. The number of amides is 1. The molecule has 0 bridgehead atoms. The van der Waals surface area contributed by atoms with Gasteiger partial charge in [0.25, 0.3) is 0 Å². The predicted octanol–water partition coefficient (Wildman–Crippen LogP) is 0.781. The van der Waals surface area contributed by atoms with E-state index in [-0.39, 0.29) is 11.8 Å². The highest BCUT2D eigenvalue weighted by atomic mass is 16.5. The summed E-state index contributed by atoms with van der Waals surface area (Å²) in [4.78, 5) is 22.7. The second-order valence-electron chi connectivity index (χ2n) is 4.21. The van der Waals surface area contributed by atoms with Crippen LogP contribution in [-0.2, 0) is 14.3 Å². The van der Waals surface area contributed by atoms with Crippen molar-refractivity contribution in [3.05, 3.63) is 0 Å². The van der Waals surface area contributed by atoms with Crippen molar-refractivity contribution in [3.8, 4) is 0 Å². The summed E-state index contributed by atoms with van der Waals surface area (Å²) < 4.78 is 5.20. The van der Waals surface area contributed by atoms with Crippen LogP contribution in [-0.4, -0.2) is 35.7 Å². The van der Waals surface area contributed by atoms with Crippen molar-refractivity contribution in [3.63, 3.8) is 0 Å². The van der Waals surface area contributed by atoms with Crippen LogP contribution >= 0.6 is 0 Å². The molecule has 1 rings (SSSR count). The molecule has 0 aromatic heterocycles. The lowest BCUT2D eigenvalue weighted by atomic mass is 9.99. The van der Waals surface area contributed by atoms with E-state index in [1.165, 1.54) is 0 Å². The highest BCUT2D eigenvalue weighted by molar-refractivity contribution is 5.86. The Hall–Kier alpha value is -1.10. The van der Waals surface area contributed by atoms with E-state index in [0.29, 0.717) is 19.4 Å². The average Bonchev–Trinajstić information content (AvgIpc) is 2.77. The maximum absolute atomic E-state index is 11.7. The quantitative estimate of drug-likeness (QED) is 0.730.